The van der Waals surface area contributed by atoms with E-state index in [1.54, 1.807) is 0 Å². The summed E-state index contributed by atoms with van der Waals surface area (Å²) in [6, 6.07) is 2.06. The van der Waals surface area contributed by atoms with Crippen LogP contribution in [0.1, 0.15) is 18.3 Å². The molecule has 0 fully saturated rings. The van der Waals surface area contributed by atoms with Crippen LogP contribution in [0.15, 0.2) is 6.07 Å². The number of nitrogens with one attached hydrogen (secondary N) is 1. The highest BCUT2D eigenvalue weighted by molar-refractivity contribution is 7.84. The maximum absolute atomic E-state index is 11.1. The third kappa shape index (κ3) is 4.13. The zero-order valence-electron chi connectivity index (χ0n) is 9.62. The largest absolute Gasteiger partial charge is 0.310 e. The van der Waals surface area contributed by atoms with E-state index in [1.807, 2.05) is 25.6 Å². The second-order valence-electron chi connectivity index (χ2n) is 3.51. The van der Waals surface area contributed by atoms with Gasteiger partial charge in [-0.05, 0) is 13.0 Å². The van der Waals surface area contributed by atoms with E-state index in [0.29, 0.717) is 0 Å². The molecule has 0 amide bonds. The van der Waals surface area contributed by atoms with Gasteiger partial charge in [-0.1, -0.05) is 6.92 Å². The van der Waals surface area contributed by atoms with Gasteiger partial charge in [-0.2, -0.15) is 5.10 Å². The topological polar surface area (TPSA) is 46.9 Å². The van der Waals surface area contributed by atoms with Crippen molar-refractivity contribution in [1.29, 1.82) is 0 Å². The van der Waals surface area contributed by atoms with Crippen LogP contribution in [0.2, 0.25) is 0 Å². The summed E-state index contributed by atoms with van der Waals surface area (Å²) in [5, 5.41) is 7.52. The summed E-state index contributed by atoms with van der Waals surface area (Å²) >= 11 is 0. The van der Waals surface area contributed by atoms with Crippen LogP contribution >= 0.6 is 0 Å². The van der Waals surface area contributed by atoms with Crippen molar-refractivity contribution in [3.63, 3.8) is 0 Å². The molecule has 15 heavy (non-hydrogen) atoms. The standard InChI is InChI=1S/C10H19N3OS/c1-4-15(14)6-5-11-8-10-7-9(2)12-13(10)3/h7,11H,4-6,8H2,1-3H3. The van der Waals surface area contributed by atoms with Crippen molar-refractivity contribution < 1.29 is 4.21 Å². The van der Waals surface area contributed by atoms with Gasteiger partial charge in [-0.25, -0.2) is 0 Å². The predicted octanol–water partition coefficient (Wildman–Crippen LogP) is 0.587. The highest BCUT2D eigenvalue weighted by Crippen LogP contribution is 2.00. The summed E-state index contributed by atoms with van der Waals surface area (Å²) in [6.07, 6.45) is 0. The van der Waals surface area contributed by atoms with E-state index in [4.69, 9.17) is 0 Å². The number of nitrogens with zero attached hydrogens (tertiary/aromatic N) is 2. The molecule has 0 radical (unpaired) electrons. The van der Waals surface area contributed by atoms with Gasteiger partial charge in [0.15, 0.2) is 0 Å². The lowest BCUT2D eigenvalue weighted by molar-refractivity contribution is 0.637. The summed E-state index contributed by atoms with van der Waals surface area (Å²) in [6.45, 7) is 5.51. The van der Waals surface area contributed by atoms with E-state index in [0.717, 1.165) is 36.0 Å². The molecule has 4 nitrogen and oxygen atoms in total. The minimum Gasteiger partial charge on any atom is -0.310 e. The average molecular weight is 229 g/mol. The monoisotopic (exact) mass is 229 g/mol. The Bertz CT molecular complexity index is 335. The molecule has 0 aromatic carbocycles. The van der Waals surface area contributed by atoms with Crippen LogP contribution in [0.25, 0.3) is 0 Å². The first-order valence-electron chi connectivity index (χ1n) is 5.18. The van der Waals surface area contributed by atoms with Gasteiger partial charge in [0.05, 0.1) is 11.4 Å². The molecular weight excluding hydrogens is 210 g/mol. The van der Waals surface area contributed by atoms with Crippen LogP contribution in [0, 0.1) is 6.92 Å². The molecule has 0 aliphatic rings. The summed E-state index contributed by atoms with van der Waals surface area (Å²) < 4.78 is 13.0. The minimum absolute atomic E-state index is 0.670. The SMILES string of the molecule is CCS(=O)CCNCc1cc(C)nn1C. The molecule has 1 unspecified atom stereocenters. The van der Waals surface area contributed by atoms with Gasteiger partial charge in [0, 0.05) is 42.4 Å². The molecule has 0 saturated carbocycles. The Kier molecular flexibility index (Phi) is 4.98. The van der Waals surface area contributed by atoms with Crippen molar-refractivity contribution in [3.05, 3.63) is 17.5 Å². The fourth-order valence-corrected chi connectivity index (χ4v) is 2.04. The van der Waals surface area contributed by atoms with E-state index in [-0.39, 0.29) is 0 Å². The van der Waals surface area contributed by atoms with Crippen molar-refractivity contribution in [2.75, 3.05) is 18.1 Å². The summed E-state index contributed by atoms with van der Waals surface area (Å²) in [4.78, 5) is 0. The fraction of sp³-hybridized carbons (Fsp3) is 0.700. The van der Waals surface area contributed by atoms with Gasteiger partial charge >= 0.3 is 0 Å². The molecule has 0 spiro atoms. The van der Waals surface area contributed by atoms with Crippen LogP contribution in [0.4, 0.5) is 0 Å². The zero-order valence-corrected chi connectivity index (χ0v) is 10.4. The van der Waals surface area contributed by atoms with Gasteiger partial charge in [-0.15, -0.1) is 0 Å². The van der Waals surface area contributed by atoms with E-state index in [1.165, 1.54) is 0 Å². The number of aryl methyl sites for hydroxylation is 2. The Morgan fingerprint density at radius 2 is 2.33 bits per heavy atom. The Morgan fingerprint density at radius 3 is 2.87 bits per heavy atom. The van der Waals surface area contributed by atoms with Crippen molar-refractivity contribution in [1.82, 2.24) is 15.1 Å². The molecule has 1 aromatic heterocycles. The molecular formula is C10H19N3OS. The highest BCUT2D eigenvalue weighted by Gasteiger charge is 2.01. The molecule has 5 heteroatoms. The van der Waals surface area contributed by atoms with Crippen LogP contribution in [0.3, 0.4) is 0 Å². The maximum Gasteiger partial charge on any atom is 0.0597 e. The smallest absolute Gasteiger partial charge is 0.0597 e. The fourth-order valence-electron chi connectivity index (χ4n) is 1.38. The number of rotatable bonds is 6. The van der Waals surface area contributed by atoms with E-state index < -0.39 is 10.8 Å². The van der Waals surface area contributed by atoms with E-state index >= 15 is 0 Å². The van der Waals surface area contributed by atoms with Gasteiger partial charge in [0.1, 0.15) is 0 Å². The Morgan fingerprint density at radius 1 is 1.60 bits per heavy atom. The predicted molar refractivity (Wildman–Crippen MR) is 63.2 cm³/mol. The molecule has 1 heterocycles. The number of hydrogen-bond donors (Lipinski definition) is 1. The van der Waals surface area contributed by atoms with Gasteiger partial charge in [-0.3, -0.25) is 8.89 Å². The van der Waals surface area contributed by atoms with E-state index in [2.05, 4.69) is 16.5 Å². The highest BCUT2D eigenvalue weighted by atomic mass is 32.2. The molecule has 0 bridgehead atoms. The lowest BCUT2D eigenvalue weighted by Gasteiger charge is -2.04. The van der Waals surface area contributed by atoms with Crippen molar-refractivity contribution in [2.45, 2.75) is 20.4 Å². The number of hydrogen-bond acceptors (Lipinski definition) is 3. The first kappa shape index (κ1) is 12.4. The second kappa shape index (κ2) is 6.02. The van der Waals surface area contributed by atoms with E-state index in [9.17, 15) is 4.21 Å². The summed E-state index contributed by atoms with van der Waals surface area (Å²) in [7, 11) is 1.27. The lowest BCUT2D eigenvalue weighted by Crippen LogP contribution is -2.21. The third-order valence-corrected chi connectivity index (χ3v) is 3.54. The van der Waals surface area contributed by atoms with Gasteiger partial charge in [0.25, 0.3) is 0 Å². The molecule has 1 aromatic rings. The lowest BCUT2D eigenvalue weighted by atomic mass is 10.3. The molecule has 1 rings (SSSR count). The molecule has 1 N–H and O–H groups in total. The zero-order chi connectivity index (χ0) is 11.3. The van der Waals surface area contributed by atoms with Crippen LogP contribution in [-0.2, 0) is 24.4 Å². The normalized spacial score (nSPS) is 13.0. The molecule has 1 atom stereocenters. The van der Waals surface area contributed by atoms with Crippen molar-refractivity contribution in [3.8, 4) is 0 Å². The quantitative estimate of drug-likeness (QED) is 0.726. The summed E-state index contributed by atoms with van der Waals surface area (Å²) in [5.74, 6) is 1.47. The number of aromatic nitrogens is 2. The molecule has 0 aliphatic carbocycles. The summed E-state index contributed by atoms with van der Waals surface area (Å²) in [5.41, 5.74) is 2.20. The van der Waals surface area contributed by atoms with Crippen LogP contribution in [0.5, 0.6) is 0 Å². The Balaban J connectivity index is 2.26. The Hall–Kier alpha value is -0.680. The Labute approximate surface area is 93.5 Å². The van der Waals surface area contributed by atoms with Crippen molar-refractivity contribution in [2.24, 2.45) is 7.05 Å². The first-order valence-corrected chi connectivity index (χ1v) is 6.67. The minimum atomic E-state index is -0.670. The maximum atomic E-state index is 11.1. The van der Waals surface area contributed by atoms with Crippen molar-refractivity contribution >= 4 is 10.8 Å². The van der Waals surface area contributed by atoms with Gasteiger partial charge < -0.3 is 5.32 Å². The first-order chi connectivity index (χ1) is 7.13. The van der Waals surface area contributed by atoms with Crippen LogP contribution in [-0.4, -0.2) is 32.0 Å². The van der Waals surface area contributed by atoms with Crippen LogP contribution < -0.4 is 5.32 Å². The molecule has 0 aliphatic heterocycles. The molecule has 86 valence electrons. The van der Waals surface area contributed by atoms with Gasteiger partial charge in [0.2, 0.25) is 0 Å². The second-order valence-corrected chi connectivity index (χ2v) is 5.38. The third-order valence-electron chi connectivity index (χ3n) is 2.23. The molecule has 0 saturated heterocycles. The average Bonchev–Trinajstić information content (AvgIpc) is 2.52.